The standard InChI is InChI=1S/C17H26BrN3/c1-2-3-21-15(14(18)10-20-21)16(19)17-7-11-4-12(8-17)6-13(5-11)9-17/h10-13,16H,2-9,19H2,1H3. The van der Waals surface area contributed by atoms with Gasteiger partial charge in [-0.1, -0.05) is 6.92 Å². The van der Waals surface area contributed by atoms with Crippen LogP contribution < -0.4 is 5.73 Å². The molecule has 4 saturated carbocycles. The Morgan fingerprint density at radius 3 is 2.38 bits per heavy atom. The van der Waals surface area contributed by atoms with E-state index in [0.29, 0.717) is 5.41 Å². The summed E-state index contributed by atoms with van der Waals surface area (Å²) in [4.78, 5) is 0. The highest BCUT2D eigenvalue weighted by atomic mass is 79.9. The fourth-order valence-electron chi connectivity index (χ4n) is 5.92. The van der Waals surface area contributed by atoms with Gasteiger partial charge in [0.2, 0.25) is 0 Å². The number of halogens is 1. The third-order valence-electron chi connectivity index (χ3n) is 6.31. The van der Waals surface area contributed by atoms with E-state index in [4.69, 9.17) is 5.73 Å². The Morgan fingerprint density at radius 2 is 1.86 bits per heavy atom. The first kappa shape index (κ1) is 14.3. The van der Waals surface area contributed by atoms with Gasteiger partial charge in [0.05, 0.1) is 22.4 Å². The fourth-order valence-corrected chi connectivity index (χ4v) is 6.46. The molecule has 0 aromatic carbocycles. The summed E-state index contributed by atoms with van der Waals surface area (Å²) < 4.78 is 3.26. The highest BCUT2D eigenvalue weighted by molar-refractivity contribution is 9.10. The Labute approximate surface area is 135 Å². The van der Waals surface area contributed by atoms with Crippen molar-refractivity contribution in [3.63, 3.8) is 0 Å². The smallest absolute Gasteiger partial charge is 0.0699 e. The van der Waals surface area contributed by atoms with E-state index in [0.717, 1.165) is 35.2 Å². The molecule has 0 amide bonds. The average Bonchev–Trinajstić information content (AvgIpc) is 2.78. The van der Waals surface area contributed by atoms with E-state index in [1.807, 2.05) is 6.20 Å². The molecular weight excluding hydrogens is 326 g/mol. The summed E-state index contributed by atoms with van der Waals surface area (Å²) in [6.07, 6.45) is 11.5. The third kappa shape index (κ3) is 2.21. The van der Waals surface area contributed by atoms with E-state index in [1.165, 1.54) is 44.2 Å². The molecule has 1 heterocycles. The molecule has 116 valence electrons. The summed E-state index contributed by atoms with van der Waals surface area (Å²) in [7, 11) is 0. The molecule has 2 N–H and O–H groups in total. The molecule has 4 aliphatic rings. The minimum absolute atomic E-state index is 0.148. The molecule has 1 atom stereocenters. The minimum atomic E-state index is 0.148. The molecule has 21 heavy (non-hydrogen) atoms. The predicted molar refractivity (Wildman–Crippen MR) is 87.8 cm³/mol. The summed E-state index contributed by atoms with van der Waals surface area (Å²) in [6.45, 7) is 3.18. The maximum Gasteiger partial charge on any atom is 0.0699 e. The van der Waals surface area contributed by atoms with Crippen LogP contribution in [0.3, 0.4) is 0 Å². The lowest BCUT2D eigenvalue weighted by molar-refractivity contribution is -0.0692. The first-order chi connectivity index (χ1) is 10.1. The zero-order chi connectivity index (χ0) is 14.6. The minimum Gasteiger partial charge on any atom is -0.322 e. The SMILES string of the molecule is CCCn1ncc(Br)c1C(N)C12CC3CC(CC(C3)C1)C2. The van der Waals surface area contributed by atoms with Crippen molar-refractivity contribution in [3.8, 4) is 0 Å². The van der Waals surface area contributed by atoms with Crippen molar-refractivity contribution in [2.24, 2.45) is 28.9 Å². The van der Waals surface area contributed by atoms with Crippen LogP contribution in [0.2, 0.25) is 0 Å². The largest absolute Gasteiger partial charge is 0.322 e. The van der Waals surface area contributed by atoms with Gasteiger partial charge in [0.1, 0.15) is 0 Å². The van der Waals surface area contributed by atoms with Crippen molar-refractivity contribution >= 4 is 15.9 Å². The van der Waals surface area contributed by atoms with E-state index in [2.05, 4.69) is 32.6 Å². The zero-order valence-corrected chi connectivity index (χ0v) is 14.5. The van der Waals surface area contributed by atoms with Gasteiger partial charge < -0.3 is 5.73 Å². The average molecular weight is 352 g/mol. The van der Waals surface area contributed by atoms with Crippen LogP contribution in [0.1, 0.15) is 63.6 Å². The number of nitrogens with two attached hydrogens (primary N) is 1. The van der Waals surface area contributed by atoms with Crippen LogP contribution in [-0.2, 0) is 6.54 Å². The van der Waals surface area contributed by atoms with Gasteiger partial charge in [-0.15, -0.1) is 0 Å². The number of aromatic nitrogens is 2. The Morgan fingerprint density at radius 1 is 1.29 bits per heavy atom. The molecule has 1 aromatic heterocycles. The van der Waals surface area contributed by atoms with Gasteiger partial charge in [-0.25, -0.2) is 0 Å². The summed E-state index contributed by atoms with van der Waals surface area (Å²) in [5.74, 6) is 2.84. The first-order valence-corrected chi connectivity index (χ1v) is 9.37. The predicted octanol–water partition coefficient (Wildman–Crippen LogP) is 4.27. The molecule has 0 saturated heterocycles. The normalized spacial score (nSPS) is 38.9. The van der Waals surface area contributed by atoms with Crippen molar-refractivity contribution in [1.82, 2.24) is 9.78 Å². The molecule has 4 fully saturated rings. The van der Waals surface area contributed by atoms with Crippen molar-refractivity contribution in [2.75, 3.05) is 0 Å². The van der Waals surface area contributed by atoms with E-state index < -0.39 is 0 Å². The lowest BCUT2D eigenvalue weighted by Gasteiger charge is -2.58. The Bertz CT molecular complexity index is 501. The van der Waals surface area contributed by atoms with Gasteiger partial charge in [0.15, 0.2) is 0 Å². The summed E-state index contributed by atoms with van der Waals surface area (Å²) in [5.41, 5.74) is 8.48. The van der Waals surface area contributed by atoms with Crippen LogP contribution >= 0.6 is 15.9 Å². The molecular formula is C17H26BrN3. The number of hydrogen-bond donors (Lipinski definition) is 1. The molecule has 5 rings (SSSR count). The van der Waals surface area contributed by atoms with Gasteiger partial charge in [0.25, 0.3) is 0 Å². The van der Waals surface area contributed by atoms with Crippen LogP contribution in [0.5, 0.6) is 0 Å². The van der Waals surface area contributed by atoms with Gasteiger partial charge in [-0.05, 0) is 84.0 Å². The van der Waals surface area contributed by atoms with E-state index >= 15 is 0 Å². The highest BCUT2D eigenvalue weighted by Gasteiger charge is 2.54. The summed E-state index contributed by atoms with van der Waals surface area (Å²) in [5, 5.41) is 4.54. The van der Waals surface area contributed by atoms with Crippen molar-refractivity contribution in [1.29, 1.82) is 0 Å². The van der Waals surface area contributed by atoms with Gasteiger partial charge in [-0.2, -0.15) is 5.10 Å². The lowest BCUT2D eigenvalue weighted by atomic mass is 9.47. The molecule has 1 aromatic rings. The molecule has 4 aliphatic carbocycles. The highest BCUT2D eigenvalue weighted by Crippen LogP contribution is 2.63. The van der Waals surface area contributed by atoms with E-state index in [9.17, 15) is 0 Å². The topological polar surface area (TPSA) is 43.8 Å². The van der Waals surface area contributed by atoms with Crippen LogP contribution in [0.15, 0.2) is 10.7 Å². The second kappa shape index (κ2) is 5.09. The second-order valence-corrected chi connectivity index (χ2v) is 8.71. The first-order valence-electron chi connectivity index (χ1n) is 8.58. The summed E-state index contributed by atoms with van der Waals surface area (Å²) in [6, 6.07) is 0.148. The van der Waals surface area contributed by atoms with Crippen LogP contribution in [-0.4, -0.2) is 9.78 Å². The Balaban J connectivity index is 1.68. The monoisotopic (exact) mass is 351 g/mol. The van der Waals surface area contributed by atoms with Crippen LogP contribution in [0.4, 0.5) is 0 Å². The van der Waals surface area contributed by atoms with Gasteiger partial charge >= 0.3 is 0 Å². The fraction of sp³-hybridized carbons (Fsp3) is 0.824. The Hall–Kier alpha value is -0.350. The number of aryl methyl sites for hydroxylation is 1. The van der Waals surface area contributed by atoms with Gasteiger partial charge in [-0.3, -0.25) is 4.68 Å². The van der Waals surface area contributed by atoms with Crippen molar-refractivity contribution < 1.29 is 0 Å². The number of nitrogens with zero attached hydrogens (tertiary/aromatic N) is 2. The van der Waals surface area contributed by atoms with Gasteiger partial charge in [0, 0.05) is 6.54 Å². The lowest BCUT2D eigenvalue weighted by Crippen LogP contribution is -2.51. The quantitative estimate of drug-likeness (QED) is 0.879. The molecule has 3 nitrogen and oxygen atoms in total. The second-order valence-electron chi connectivity index (χ2n) is 7.86. The Kier molecular flexibility index (Phi) is 3.45. The maximum absolute atomic E-state index is 6.88. The molecule has 0 spiro atoms. The van der Waals surface area contributed by atoms with Crippen LogP contribution in [0, 0.1) is 23.2 Å². The zero-order valence-electron chi connectivity index (χ0n) is 12.9. The van der Waals surface area contributed by atoms with Crippen LogP contribution in [0.25, 0.3) is 0 Å². The van der Waals surface area contributed by atoms with E-state index in [1.54, 1.807) is 0 Å². The van der Waals surface area contributed by atoms with Crippen molar-refractivity contribution in [2.45, 2.75) is 64.5 Å². The molecule has 0 aliphatic heterocycles. The molecule has 4 heteroatoms. The third-order valence-corrected chi connectivity index (χ3v) is 6.92. The molecule has 1 unspecified atom stereocenters. The molecule has 4 bridgehead atoms. The number of rotatable bonds is 4. The number of hydrogen-bond acceptors (Lipinski definition) is 2. The van der Waals surface area contributed by atoms with Crippen molar-refractivity contribution in [3.05, 3.63) is 16.4 Å². The summed E-state index contributed by atoms with van der Waals surface area (Å²) >= 11 is 3.70. The molecule has 0 radical (unpaired) electrons. The maximum atomic E-state index is 6.88. The van der Waals surface area contributed by atoms with E-state index in [-0.39, 0.29) is 6.04 Å².